The largest absolute Gasteiger partial charge is 0.477 e. The Morgan fingerprint density at radius 1 is 1.53 bits per heavy atom. The number of nitrogens with zero attached hydrogens (tertiary/aromatic N) is 2. The molecule has 2 heterocycles. The normalized spacial score (nSPS) is 20.0. The molecule has 3 rings (SSSR count). The quantitative estimate of drug-likeness (QED) is 0.830. The zero-order valence-corrected chi connectivity index (χ0v) is 9.09. The van der Waals surface area contributed by atoms with Crippen LogP contribution in [-0.4, -0.2) is 26.6 Å². The second-order valence-electron chi connectivity index (χ2n) is 4.06. The van der Waals surface area contributed by atoms with Gasteiger partial charge in [-0.2, -0.15) is 16.9 Å². The van der Waals surface area contributed by atoms with Crippen molar-refractivity contribution in [1.29, 1.82) is 0 Å². The van der Waals surface area contributed by atoms with Gasteiger partial charge in [0.2, 0.25) is 0 Å². The summed E-state index contributed by atoms with van der Waals surface area (Å²) >= 11 is 1.83. The van der Waals surface area contributed by atoms with Crippen molar-refractivity contribution in [2.45, 2.75) is 31.1 Å². The number of rotatable bonds is 2. The van der Waals surface area contributed by atoms with Gasteiger partial charge in [0.25, 0.3) is 0 Å². The molecule has 1 aliphatic carbocycles. The van der Waals surface area contributed by atoms with Gasteiger partial charge >= 0.3 is 5.97 Å². The van der Waals surface area contributed by atoms with Crippen LogP contribution < -0.4 is 0 Å². The van der Waals surface area contributed by atoms with Crippen molar-refractivity contribution < 1.29 is 9.90 Å². The topological polar surface area (TPSA) is 55.1 Å². The van der Waals surface area contributed by atoms with Crippen molar-refractivity contribution in [1.82, 2.24) is 9.78 Å². The Morgan fingerprint density at radius 2 is 2.33 bits per heavy atom. The van der Waals surface area contributed by atoms with E-state index in [0.717, 1.165) is 42.0 Å². The number of aromatic carboxylic acids is 1. The van der Waals surface area contributed by atoms with Crippen molar-refractivity contribution in [3.63, 3.8) is 0 Å². The molecule has 0 radical (unpaired) electrons. The van der Waals surface area contributed by atoms with Gasteiger partial charge in [-0.1, -0.05) is 0 Å². The van der Waals surface area contributed by atoms with E-state index in [1.807, 2.05) is 11.8 Å². The van der Waals surface area contributed by atoms with Gasteiger partial charge in [-0.25, -0.2) is 4.79 Å². The first-order valence-corrected chi connectivity index (χ1v) is 6.34. The molecule has 80 valence electrons. The van der Waals surface area contributed by atoms with E-state index in [9.17, 15) is 9.90 Å². The van der Waals surface area contributed by atoms with Gasteiger partial charge in [0.1, 0.15) is 5.69 Å². The molecule has 0 bridgehead atoms. The smallest absolute Gasteiger partial charge is 0.354 e. The molecule has 0 aromatic carbocycles. The van der Waals surface area contributed by atoms with Gasteiger partial charge in [-0.3, -0.25) is 4.68 Å². The molecule has 1 aromatic rings. The summed E-state index contributed by atoms with van der Waals surface area (Å²) in [5.74, 6) is 1.07. The van der Waals surface area contributed by atoms with E-state index in [1.54, 1.807) is 4.68 Å². The van der Waals surface area contributed by atoms with Gasteiger partial charge in [-0.05, 0) is 25.0 Å². The average Bonchev–Trinajstić information content (AvgIpc) is 2.98. The van der Waals surface area contributed by atoms with Gasteiger partial charge in [-0.15, -0.1) is 0 Å². The number of thioether (sulfide) groups is 1. The highest BCUT2D eigenvalue weighted by Gasteiger charge is 2.33. The molecule has 1 N–H and O–H groups in total. The minimum absolute atomic E-state index is 0.353. The highest BCUT2D eigenvalue weighted by Crippen LogP contribution is 2.38. The van der Waals surface area contributed by atoms with E-state index in [0.29, 0.717) is 11.7 Å². The molecule has 0 amide bonds. The zero-order chi connectivity index (χ0) is 10.4. The van der Waals surface area contributed by atoms with Crippen LogP contribution >= 0.6 is 11.8 Å². The Kier molecular flexibility index (Phi) is 2.02. The highest BCUT2D eigenvalue weighted by atomic mass is 32.2. The highest BCUT2D eigenvalue weighted by molar-refractivity contribution is 7.98. The lowest BCUT2D eigenvalue weighted by Crippen LogP contribution is -2.11. The van der Waals surface area contributed by atoms with E-state index in [2.05, 4.69) is 5.10 Å². The molecular formula is C10H12N2O2S. The Morgan fingerprint density at radius 3 is 3.00 bits per heavy atom. The summed E-state index contributed by atoms with van der Waals surface area (Å²) in [7, 11) is 0. The van der Waals surface area contributed by atoms with Crippen LogP contribution in [0.5, 0.6) is 0 Å². The van der Waals surface area contributed by atoms with Crippen molar-refractivity contribution in [2.24, 2.45) is 0 Å². The van der Waals surface area contributed by atoms with Crippen molar-refractivity contribution in [3.05, 3.63) is 17.0 Å². The molecule has 0 spiro atoms. The SMILES string of the molecule is O=C(O)c1c2c(nn1C1CC1)CSCC2. The third-order valence-corrected chi connectivity index (χ3v) is 3.89. The van der Waals surface area contributed by atoms with Gasteiger partial charge in [0.05, 0.1) is 11.7 Å². The molecule has 1 aliphatic heterocycles. The first kappa shape index (κ1) is 9.27. The summed E-state index contributed by atoms with van der Waals surface area (Å²) in [6.45, 7) is 0. The predicted molar refractivity (Wildman–Crippen MR) is 57.3 cm³/mol. The first-order valence-electron chi connectivity index (χ1n) is 5.18. The van der Waals surface area contributed by atoms with Crippen LogP contribution in [0.2, 0.25) is 0 Å². The van der Waals surface area contributed by atoms with Crippen LogP contribution in [0.25, 0.3) is 0 Å². The third-order valence-electron chi connectivity index (χ3n) is 2.92. The van der Waals surface area contributed by atoms with Gasteiger partial charge < -0.3 is 5.11 Å². The van der Waals surface area contributed by atoms with Crippen LogP contribution in [0, 0.1) is 0 Å². The molecule has 0 unspecified atom stereocenters. The second kappa shape index (κ2) is 3.27. The number of hydrogen-bond donors (Lipinski definition) is 1. The number of carboxylic acid groups (broad SMARTS) is 1. The molecule has 0 atom stereocenters. The molecule has 15 heavy (non-hydrogen) atoms. The van der Waals surface area contributed by atoms with Crippen molar-refractivity contribution in [2.75, 3.05) is 5.75 Å². The van der Waals surface area contributed by atoms with E-state index >= 15 is 0 Å². The summed E-state index contributed by atoms with van der Waals surface area (Å²) in [4.78, 5) is 11.2. The maximum absolute atomic E-state index is 11.2. The fourth-order valence-corrected chi connectivity index (χ4v) is 2.97. The lowest BCUT2D eigenvalue weighted by molar-refractivity contribution is 0.0682. The number of carbonyl (C=O) groups is 1. The Bertz CT molecular complexity index is 423. The number of aromatic nitrogens is 2. The van der Waals surface area contributed by atoms with E-state index in [4.69, 9.17) is 0 Å². The average molecular weight is 224 g/mol. The van der Waals surface area contributed by atoms with Crippen LogP contribution in [0.1, 0.15) is 40.6 Å². The van der Waals surface area contributed by atoms with E-state index < -0.39 is 5.97 Å². The predicted octanol–water partition coefficient (Wildman–Crippen LogP) is 1.71. The van der Waals surface area contributed by atoms with E-state index in [1.165, 1.54) is 0 Å². The summed E-state index contributed by atoms with van der Waals surface area (Å²) in [6, 6.07) is 0.353. The molecule has 4 nitrogen and oxygen atoms in total. The maximum Gasteiger partial charge on any atom is 0.354 e. The van der Waals surface area contributed by atoms with Crippen molar-refractivity contribution in [3.8, 4) is 0 Å². The molecule has 5 heteroatoms. The van der Waals surface area contributed by atoms with Crippen LogP contribution in [-0.2, 0) is 12.2 Å². The van der Waals surface area contributed by atoms with Crippen LogP contribution in [0.15, 0.2) is 0 Å². The molecule has 0 saturated heterocycles. The summed E-state index contributed by atoms with van der Waals surface area (Å²) in [6.07, 6.45) is 3.01. The summed E-state index contributed by atoms with van der Waals surface area (Å²) in [5.41, 5.74) is 2.43. The standard InChI is InChI=1S/C10H12N2O2S/c13-10(14)9-7-3-4-15-5-8(7)11-12(9)6-1-2-6/h6H,1-5H2,(H,13,14). The summed E-state index contributed by atoms with van der Waals surface area (Å²) < 4.78 is 1.75. The van der Waals surface area contributed by atoms with Gasteiger partial charge in [0.15, 0.2) is 0 Å². The lowest BCUT2D eigenvalue weighted by Gasteiger charge is -2.08. The van der Waals surface area contributed by atoms with Crippen molar-refractivity contribution >= 4 is 17.7 Å². The Hall–Kier alpha value is -0.970. The molecule has 1 saturated carbocycles. The van der Waals surface area contributed by atoms with E-state index in [-0.39, 0.29) is 0 Å². The Labute approximate surface area is 91.7 Å². The molecule has 1 fully saturated rings. The maximum atomic E-state index is 11.2. The molecular weight excluding hydrogens is 212 g/mol. The minimum Gasteiger partial charge on any atom is -0.477 e. The second-order valence-corrected chi connectivity index (χ2v) is 5.16. The zero-order valence-electron chi connectivity index (χ0n) is 8.27. The first-order chi connectivity index (χ1) is 7.27. The lowest BCUT2D eigenvalue weighted by atomic mass is 10.1. The minimum atomic E-state index is -0.817. The van der Waals surface area contributed by atoms with Crippen LogP contribution in [0.4, 0.5) is 0 Å². The monoisotopic (exact) mass is 224 g/mol. The molecule has 1 aromatic heterocycles. The fourth-order valence-electron chi connectivity index (χ4n) is 2.05. The van der Waals surface area contributed by atoms with Crippen LogP contribution in [0.3, 0.4) is 0 Å². The number of hydrogen-bond acceptors (Lipinski definition) is 3. The molecule has 2 aliphatic rings. The number of fused-ring (bicyclic) bond motifs is 1. The van der Waals surface area contributed by atoms with Gasteiger partial charge in [0, 0.05) is 11.3 Å². The fraction of sp³-hybridized carbons (Fsp3) is 0.600. The number of carboxylic acids is 1. The third kappa shape index (κ3) is 1.45. The Balaban J connectivity index is 2.13. The summed E-state index contributed by atoms with van der Waals surface area (Å²) in [5, 5.41) is 13.7.